The van der Waals surface area contributed by atoms with E-state index in [0.717, 1.165) is 46.7 Å². The summed E-state index contributed by atoms with van der Waals surface area (Å²) in [7, 11) is 1.88. The maximum atomic E-state index is 12.0. The molecule has 1 saturated heterocycles. The molecule has 0 aromatic carbocycles. The number of alkyl carbamates (subject to hydrolysis) is 1. The van der Waals surface area contributed by atoms with Crippen molar-refractivity contribution < 1.29 is 9.53 Å². The van der Waals surface area contributed by atoms with Crippen LogP contribution in [0.3, 0.4) is 0 Å². The maximum absolute atomic E-state index is 12.0. The number of nitrogens with zero attached hydrogens (tertiary/aromatic N) is 7. The summed E-state index contributed by atoms with van der Waals surface area (Å²) in [5.41, 5.74) is 4.55. The molecule has 2 fully saturated rings. The van der Waals surface area contributed by atoms with Gasteiger partial charge in [-0.2, -0.15) is 15.5 Å². The number of hydrogen-bond acceptors (Lipinski definition) is 7. The first-order valence-corrected chi connectivity index (χ1v) is 12.8. The number of fused-ring (bicyclic) bond motifs is 2. The van der Waals surface area contributed by atoms with Crippen molar-refractivity contribution in [3.8, 4) is 28.3 Å². The Bertz CT molecular complexity index is 1540. The highest BCUT2D eigenvalue weighted by atomic mass is 16.6. The molecule has 2 atom stereocenters. The second-order valence-electron chi connectivity index (χ2n) is 11.2. The number of anilines is 1. The summed E-state index contributed by atoms with van der Waals surface area (Å²) in [4.78, 5) is 19.1. The SMILES string of the molecule is Cn1cc(-c2cc(-c3ccc(N4CC5C(CNC(=O)OC(C)(C)C)C5C4)nc3)c3c(C#N)cnn3c2)cn1. The summed E-state index contributed by atoms with van der Waals surface area (Å²) in [6, 6.07) is 8.43. The number of nitriles is 1. The van der Waals surface area contributed by atoms with E-state index < -0.39 is 5.60 Å². The zero-order valence-electron chi connectivity index (χ0n) is 21.9. The molecule has 194 valence electrons. The van der Waals surface area contributed by atoms with Gasteiger partial charge in [-0.05, 0) is 56.7 Å². The summed E-state index contributed by atoms with van der Waals surface area (Å²) in [6.45, 7) is 8.12. The van der Waals surface area contributed by atoms with Crippen LogP contribution in [0.4, 0.5) is 10.6 Å². The molecule has 1 aliphatic carbocycles. The number of aryl methyl sites for hydroxylation is 1. The largest absolute Gasteiger partial charge is 0.444 e. The third-order valence-corrected chi connectivity index (χ3v) is 7.41. The molecule has 1 saturated carbocycles. The van der Waals surface area contributed by atoms with Gasteiger partial charge in [0.1, 0.15) is 17.5 Å². The quantitative estimate of drug-likeness (QED) is 0.433. The van der Waals surface area contributed by atoms with Crippen molar-refractivity contribution in [2.75, 3.05) is 24.5 Å². The molecule has 6 rings (SSSR count). The zero-order valence-corrected chi connectivity index (χ0v) is 21.9. The van der Waals surface area contributed by atoms with Crippen LogP contribution in [0.1, 0.15) is 26.3 Å². The van der Waals surface area contributed by atoms with Crippen molar-refractivity contribution in [3.63, 3.8) is 0 Å². The van der Waals surface area contributed by atoms with Crippen molar-refractivity contribution in [2.45, 2.75) is 26.4 Å². The monoisotopic (exact) mass is 510 g/mol. The molecular formula is C28H30N8O2. The van der Waals surface area contributed by atoms with Crippen molar-refractivity contribution in [1.82, 2.24) is 29.7 Å². The van der Waals surface area contributed by atoms with Crippen LogP contribution in [0.2, 0.25) is 0 Å². The van der Waals surface area contributed by atoms with Crippen molar-refractivity contribution >= 4 is 17.4 Å². The van der Waals surface area contributed by atoms with Gasteiger partial charge >= 0.3 is 6.09 Å². The average Bonchev–Trinajstić information content (AvgIpc) is 3.32. The van der Waals surface area contributed by atoms with Gasteiger partial charge in [-0.1, -0.05) is 0 Å². The number of ether oxygens (including phenoxy) is 1. The van der Waals surface area contributed by atoms with E-state index in [1.165, 1.54) is 0 Å². The number of carbonyl (C=O) groups excluding carboxylic acids is 1. The van der Waals surface area contributed by atoms with E-state index in [4.69, 9.17) is 9.72 Å². The minimum absolute atomic E-state index is 0.351. The number of carbonyl (C=O) groups is 1. The molecule has 1 aliphatic heterocycles. The number of rotatable bonds is 5. The molecule has 0 spiro atoms. The van der Waals surface area contributed by atoms with Gasteiger partial charge in [0.15, 0.2) is 0 Å². The molecule has 10 nitrogen and oxygen atoms in total. The van der Waals surface area contributed by atoms with Gasteiger partial charge in [0, 0.05) is 67.5 Å². The number of pyridine rings is 2. The summed E-state index contributed by atoms with van der Waals surface area (Å²) < 4.78 is 8.86. The highest BCUT2D eigenvalue weighted by molar-refractivity contribution is 5.87. The number of piperidine rings is 1. The molecule has 10 heteroatoms. The van der Waals surface area contributed by atoms with Gasteiger partial charge in [0.05, 0.1) is 23.5 Å². The Kier molecular flexibility index (Phi) is 5.60. The van der Waals surface area contributed by atoms with Gasteiger partial charge in [0.2, 0.25) is 0 Å². The molecule has 5 heterocycles. The predicted molar refractivity (Wildman–Crippen MR) is 142 cm³/mol. The van der Waals surface area contributed by atoms with E-state index in [2.05, 4.69) is 38.6 Å². The molecular weight excluding hydrogens is 480 g/mol. The standard InChI is InChI=1S/C28H30N8O2/c1-28(2,3)38-27(37)31-12-22-23-15-35(16-24(22)23)25-6-5-17(9-30-25)21-7-18(20-11-32-34(4)13-20)14-36-26(21)19(8-29)10-33-36/h5-7,9-11,13-14,22-24H,12,15-16H2,1-4H3,(H,31,37). The molecule has 4 aromatic rings. The fourth-order valence-electron chi connectivity index (χ4n) is 5.54. The van der Waals surface area contributed by atoms with Crippen molar-refractivity contribution in [1.29, 1.82) is 5.26 Å². The number of aromatic nitrogens is 5. The third-order valence-electron chi connectivity index (χ3n) is 7.41. The number of nitrogens with one attached hydrogen (secondary N) is 1. The van der Waals surface area contributed by atoms with Crippen LogP contribution in [0.25, 0.3) is 27.8 Å². The zero-order chi connectivity index (χ0) is 26.6. The van der Waals surface area contributed by atoms with E-state index in [9.17, 15) is 10.1 Å². The summed E-state index contributed by atoms with van der Waals surface area (Å²) in [6.07, 6.45) is 8.81. The Hall–Kier alpha value is -4.39. The van der Waals surface area contributed by atoms with Crippen molar-refractivity contribution in [2.24, 2.45) is 24.8 Å². The second-order valence-corrected chi connectivity index (χ2v) is 11.2. The van der Waals surface area contributed by atoms with Gasteiger partial charge in [-0.25, -0.2) is 14.3 Å². The van der Waals surface area contributed by atoms with Gasteiger partial charge in [-0.15, -0.1) is 0 Å². The molecule has 1 N–H and O–H groups in total. The van der Waals surface area contributed by atoms with Gasteiger partial charge in [-0.3, -0.25) is 4.68 Å². The normalized spacial score (nSPS) is 20.3. The van der Waals surface area contributed by atoms with Crippen LogP contribution in [-0.2, 0) is 11.8 Å². The minimum Gasteiger partial charge on any atom is -0.444 e. The lowest BCUT2D eigenvalue weighted by atomic mass is 10.0. The highest BCUT2D eigenvalue weighted by Crippen LogP contribution is 2.52. The van der Waals surface area contributed by atoms with E-state index >= 15 is 0 Å². The summed E-state index contributed by atoms with van der Waals surface area (Å²) in [5, 5.41) is 21.3. The van der Waals surface area contributed by atoms with Crippen LogP contribution < -0.4 is 10.2 Å². The topological polar surface area (TPSA) is 113 Å². The highest BCUT2D eigenvalue weighted by Gasteiger charge is 2.55. The van der Waals surface area contributed by atoms with Crippen LogP contribution in [-0.4, -0.2) is 55.7 Å². The minimum atomic E-state index is -0.488. The second kappa shape index (κ2) is 8.87. The first kappa shape index (κ1) is 24.0. The van der Waals surface area contributed by atoms with E-state index in [1.54, 1.807) is 15.4 Å². The van der Waals surface area contributed by atoms with E-state index in [1.807, 2.05) is 58.7 Å². The Morgan fingerprint density at radius 3 is 2.53 bits per heavy atom. The third kappa shape index (κ3) is 4.45. The Labute approximate surface area is 220 Å². The summed E-state index contributed by atoms with van der Waals surface area (Å²) >= 11 is 0. The van der Waals surface area contributed by atoms with Crippen molar-refractivity contribution in [3.05, 3.63) is 54.7 Å². The molecule has 1 amide bonds. The Morgan fingerprint density at radius 1 is 1.11 bits per heavy atom. The lowest BCUT2D eigenvalue weighted by molar-refractivity contribution is 0.0524. The smallest absolute Gasteiger partial charge is 0.407 e. The molecule has 0 bridgehead atoms. The molecule has 4 aromatic heterocycles. The lowest BCUT2D eigenvalue weighted by Gasteiger charge is -2.22. The number of amides is 1. The first-order chi connectivity index (χ1) is 18.2. The van der Waals surface area contributed by atoms with Gasteiger partial charge < -0.3 is 15.0 Å². The Morgan fingerprint density at radius 2 is 1.89 bits per heavy atom. The fourth-order valence-corrected chi connectivity index (χ4v) is 5.54. The predicted octanol–water partition coefficient (Wildman–Crippen LogP) is 3.88. The van der Waals surface area contributed by atoms with E-state index in [0.29, 0.717) is 29.9 Å². The van der Waals surface area contributed by atoms with Crippen LogP contribution in [0, 0.1) is 29.1 Å². The van der Waals surface area contributed by atoms with E-state index in [-0.39, 0.29) is 6.09 Å². The van der Waals surface area contributed by atoms with Crippen LogP contribution in [0.5, 0.6) is 0 Å². The Balaban J connectivity index is 1.17. The first-order valence-electron chi connectivity index (χ1n) is 12.8. The molecule has 2 aliphatic rings. The van der Waals surface area contributed by atoms with Crippen LogP contribution >= 0.6 is 0 Å². The number of hydrogen-bond donors (Lipinski definition) is 1. The maximum Gasteiger partial charge on any atom is 0.407 e. The molecule has 38 heavy (non-hydrogen) atoms. The fraction of sp³-hybridized carbons (Fsp3) is 0.393. The summed E-state index contributed by atoms with van der Waals surface area (Å²) in [5.74, 6) is 2.56. The van der Waals surface area contributed by atoms with Gasteiger partial charge in [0.25, 0.3) is 0 Å². The average molecular weight is 511 g/mol. The molecule has 2 unspecified atom stereocenters. The van der Waals surface area contributed by atoms with Crippen LogP contribution in [0.15, 0.2) is 49.2 Å². The lowest BCUT2D eigenvalue weighted by Crippen LogP contribution is -2.35. The molecule has 0 radical (unpaired) electrons.